The van der Waals surface area contributed by atoms with E-state index in [9.17, 15) is 9.59 Å². The third kappa shape index (κ3) is 4.10. The van der Waals surface area contributed by atoms with Crippen molar-refractivity contribution in [3.63, 3.8) is 0 Å². The molecule has 3 heterocycles. The maximum absolute atomic E-state index is 12.9. The van der Waals surface area contributed by atoms with Gasteiger partial charge >= 0.3 is 0 Å². The van der Waals surface area contributed by atoms with E-state index >= 15 is 0 Å². The number of rotatable bonds is 5. The Morgan fingerprint density at radius 3 is 2.58 bits per heavy atom. The number of aromatic nitrogens is 1. The number of thiazole rings is 1. The molecule has 1 aromatic heterocycles. The van der Waals surface area contributed by atoms with Crippen LogP contribution in [0.15, 0.2) is 59.7 Å². The van der Waals surface area contributed by atoms with Gasteiger partial charge in [-0.25, -0.2) is 9.99 Å². The standard InChI is InChI=1S/C24H24N4O2S/c29-22(12-13-23(30)28-16-14-18(26-28)17-7-2-1-3-8-17)27-15-6-10-20(27)24-25-19-9-4-5-11-21(19)31-24/h1-5,7-9,11,20H,6,10,12-16H2/t20-/m0/s1. The highest BCUT2D eigenvalue weighted by molar-refractivity contribution is 7.18. The van der Waals surface area contributed by atoms with Crippen molar-refractivity contribution < 1.29 is 9.59 Å². The first kappa shape index (κ1) is 19.9. The summed E-state index contributed by atoms with van der Waals surface area (Å²) in [6.07, 6.45) is 3.05. The number of benzene rings is 2. The zero-order chi connectivity index (χ0) is 21.2. The van der Waals surface area contributed by atoms with Crippen molar-refractivity contribution in [2.45, 2.75) is 38.1 Å². The Kier molecular flexibility index (Phi) is 5.51. The SMILES string of the molecule is O=C(CCC(=O)N1CCC[C@H]1c1nc2ccccc2s1)N1CCC(c2ccccc2)=N1. The Balaban J connectivity index is 1.21. The first-order chi connectivity index (χ1) is 15.2. The molecule has 0 bridgehead atoms. The lowest BCUT2D eigenvalue weighted by Crippen LogP contribution is -2.32. The number of hydrogen-bond acceptors (Lipinski definition) is 5. The second-order valence-corrected chi connectivity index (χ2v) is 9.01. The van der Waals surface area contributed by atoms with Crippen LogP contribution in [0.1, 0.15) is 48.7 Å². The number of carbonyl (C=O) groups is 2. The Hall–Kier alpha value is -3.06. The molecule has 0 spiro atoms. The molecule has 0 N–H and O–H groups in total. The van der Waals surface area contributed by atoms with Crippen LogP contribution >= 0.6 is 11.3 Å². The molecule has 2 aliphatic heterocycles. The molecule has 158 valence electrons. The average Bonchev–Trinajstić information content (AvgIpc) is 3.56. The van der Waals surface area contributed by atoms with Crippen LogP contribution in [0.25, 0.3) is 10.2 Å². The fourth-order valence-corrected chi connectivity index (χ4v) is 5.43. The third-order valence-corrected chi connectivity index (χ3v) is 7.06. The quantitative estimate of drug-likeness (QED) is 0.601. The van der Waals surface area contributed by atoms with E-state index in [0.717, 1.165) is 52.3 Å². The number of nitrogens with zero attached hydrogens (tertiary/aromatic N) is 4. The minimum Gasteiger partial charge on any atom is -0.333 e. The Morgan fingerprint density at radius 1 is 0.968 bits per heavy atom. The molecule has 3 aromatic rings. The second-order valence-electron chi connectivity index (χ2n) is 7.94. The lowest BCUT2D eigenvalue weighted by atomic mass is 10.1. The van der Waals surface area contributed by atoms with Gasteiger partial charge in [0.05, 0.1) is 28.5 Å². The summed E-state index contributed by atoms with van der Waals surface area (Å²) in [7, 11) is 0. The predicted octanol–water partition coefficient (Wildman–Crippen LogP) is 4.38. The van der Waals surface area contributed by atoms with Gasteiger partial charge in [-0.05, 0) is 30.5 Å². The number of amides is 2. The molecule has 5 rings (SSSR count). The molecule has 0 saturated carbocycles. The summed E-state index contributed by atoms with van der Waals surface area (Å²) in [4.78, 5) is 32.3. The third-order valence-electron chi connectivity index (χ3n) is 5.92. The van der Waals surface area contributed by atoms with E-state index in [4.69, 9.17) is 4.98 Å². The van der Waals surface area contributed by atoms with Gasteiger partial charge in [-0.1, -0.05) is 42.5 Å². The first-order valence-corrected chi connectivity index (χ1v) is 11.6. The van der Waals surface area contributed by atoms with Gasteiger partial charge in [-0.2, -0.15) is 5.10 Å². The zero-order valence-corrected chi connectivity index (χ0v) is 18.1. The normalized spacial score (nSPS) is 18.6. The summed E-state index contributed by atoms with van der Waals surface area (Å²) >= 11 is 1.66. The zero-order valence-electron chi connectivity index (χ0n) is 17.2. The summed E-state index contributed by atoms with van der Waals surface area (Å²) in [5.41, 5.74) is 2.96. The first-order valence-electron chi connectivity index (χ1n) is 10.8. The number of hydrazone groups is 1. The smallest absolute Gasteiger partial charge is 0.243 e. The molecule has 31 heavy (non-hydrogen) atoms. The minimum atomic E-state index is -0.0879. The highest BCUT2D eigenvalue weighted by Crippen LogP contribution is 2.36. The molecule has 0 radical (unpaired) electrons. The summed E-state index contributed by atoms with van der Waals surface area (Å²) in [6.45, 7) is 1.31. The topological polar surface area (TPSA) is 65.9 Å². The molecule has 7 heteroatoms. The van der Waals surface area contributed by atoms with E-state index in [2.05, 4.69) is 11.2 Å². The van der Waals surface area contributed by atoms with Gasteiger partial charge in [0.2, 0.25) is 11.8 Å². The number of carbonyl (C=O) groups excluding carboxylic acids is 2. The van der Waals surface area contributed by atoms with E-state index < -0.39 is 0 Å². The van der Waals surface area contributed by atoms with Crippen molar-refractivity contribution in [3.8, 4) is 0 Å². The summed E-state index contributed by atoms with van der Waals surface area (Å²) < 4.78 is 1.15. The molecule has 1 fully saturated rings. The van der Waals surface area contributed by atoms with Crippen molar-refractivity contribution in [2.24, 2.45) is 5.10 Å². The number of fused-ring (bicyclic) bond motifs is 1. The molecule has 1 atom stereocenters. The maximum Gasteiger partial charge on any atom is 0.243 e. The van der Waals surface area contributed by atoms with Crippen LogP contribution < -0.4 is 0 Å². The molecule has 1 saturated heterocycles. The van der Waals surface area contributed by atoms with Gasteiger partial charge < -0.3 is 4.90 Å². The molecule has 6 nitrogen and oxygen atoms in total. The van der Waals surface area contributed by atoms with Crippen molar-refractivity contribution in [1.82, 2.24) is 14.9 Å². The van der Waals surface area contributed by atoms with E-state index in [1.165, 1.54) is 5.01 Å². The highest BCUT2D eigenvalue weighted by Gasteiger charge is 2.32. The maximum atomic E-state index is 12.9. The van der Waals surface area contributed by atoms with Gasteiger partial charge in [-0.15, -0.1) is 11.3 Å². The molecule has 2 aliphatic rings. The number of likely N-dealkylation sites (tertiary alicyclic amines) is 1. The predicted molar refractivity (Wildman–Crippen MR) is 122 cm³/mol. The van der Waals surface area contributed by atoms with Crippen molar-refractivity contribution in [2.75, 3.05) is 13.1 Å². The lowest BCUT2D eigenvalue weighted by Gasteiger charge is -2.23. The van der Waals surface area contributed by atoms with Gasteiger partial charge in [0.15, 0.2) is 0 Å². The van der Waals surface area contributed by atoms with E-state index in [1.54, 1.807) is 11.3 Å². The fraction of sp³-hybridized carbons (Fsp3) is 0.333. The molecule has 0 aliphatic carbocycles. The number of hydrogen-bond donors (Lipinski definition) is 0. The van der Waals surface area contributed by atoms with Crippen LogP contribution in [0.5, 0.6) is 0 Å². The average molecular weight is 433 g/mol. The monoisotopic (exact) mass is 432 g/mol. The van der Waals surface area contributed by atoms with Crippen molar-refractivity contribution in [3.05, 3.63) is 65.2 Å². The molecule has 2 aromatic carbocycles. The Morgan fingerprint density at radius 2 is 1.74 bits per heavy atom. The van der Waals surface area contributed by atoms with Gasteiger partial charge in [0.1, 0.15) is 5.01 Å². The fourth-order valence-electron chi connectivity index (χ4n) is 4.31. The van der Waals surface area contributed by atoms with Crippen LogP contribution in [-0.4, -0.2) is 45.5 Å². The van der Waals surface area contributed by atoms with Crippen LogP contribution in [0.2, 0.25) is 0 Å². The molecular formula is C24H24N4O2S. The van der Waals surface area contributed by atoms with Gasteiger partial charge in [0, 0.05) is 25.8 Å². The minimum absolute atomic E-state index is 0.0227. The number of para-hydroxylation sites is 1. The summed E-state index contributed by atoms with van der Waals surface area (Å²) in [6, 6.07) is 18.0. The van der Waals surface area contributed by atoms with Crippen LogP contribution in [0.3, 0.4) is 0 Å². The second kappa shape index (κ2) is 8.59. The van der Waals surface area contributed by atoms with E-state index in [1.807, 2.05) is 53.4 Å². The molecular weight excluding hydrogens is 408 g/mol. The van der Waals surface area contributed by atoms with Gasteiger partial charge in [-0.3, -0.25) is 9.59 Å². The summed E-state index contributed by atoms with van der Waals surface area (Å²) in [5, 5.41) is 7.00. The Labute approximate surface area is 185 Å². The lowest BCUT2D eigenvalue weighted by molar-refractivity contribution is -0.137. The van der Waals surface area contributed by atoms with Crippen LogP contribution in [0, 0.1) is 0 Å². The van der Waals surface area contributed by atoms with Gasteiger partial charge in [0.25, 0.3) is 0 Å². The van der Waals surface area contributed by atoms with Crippen molar-refractivity contribution in [1.29, 1.82) is 0 Å². The largest absolute Gasteiger partial charge is 0.333 e. The highest BCUT2D eigenvalue weighted by atomic mass is 32.1. The van der Waals surface area contributed by atoms with Crippen LogP contribution in [-0.2, 0) is 9.59 Å². The van der Waals surface area contributed by atoms with Crippen molar-refractivity contribution >= 4 is 39.1 Å². The summed E-state index contributed by atoms with van der Waals surface area (Å²) in [5.74, 6) is -0.0587. The Bertz CT molecular complexity index is 1110. The molecule has 2 amide bonds. The molecule has 0 unspecified atom stereocenters. The van der Waals surface area contributed by atoms with E-state index in [0.29, 0.717) is 6.54 Å². The van der Waals surface area contributed by atoms with Crippen LogP contribution in [0.4, 0.5) is 0 Å². The van der Waals surface area contributed by atoms with E-state index in [-0.39, 0.29) is 30.7 Å².